The van der Waals surface area contributed by atoms with E-state index in [9.17, 15) is 5.11 Å². The van der Waals surface area contributed by atoms with Gasteiger partial charge < -0.3 is 9.84 Å². The van der Waals surface area contributed by atoms with Crippen LogP contribution in [-0.4, -0.2) is 11.4 Å². The van der Waals surface area contributed by atoms with Crippen molar-refractivity contribution < 1.29 is 9.84 Å². The highest BCUT2D eigenvalue weighted by Gasteiger charge is 2.11. The van der Waals surface area contributed by atoms with Crippen LogP contribution < -0.4 is 0 Å². The second-order valence-corrected chi connectivity index (χ2v) is 4.78. The highest BCUT2D eigenvalue weighted by Crippen LogP contribution is 2.18. The third kappa shape index (κ3) is 6.52. The molecule has 1 aliphatic rings. The number of rotatable bonds is 9. The third-order valence-corrected chi connectivity index (χ3v) is 3.23. The molecule has 17 heavy (non-hydrogen) atoms. The first-order chi connectivity index (χ1) is 8.34. The normalized spacial score (nSPS) is 18.9. The van der Waals surface area contributed by atoms with Crippen molar-refractivity contribution in [3.05, 3.63) is 24.0 Å². The van der Waals surface area contributed by atoms with Crippen molar-refractivity contribution in [3.63, 3.8) is 0 Å². The molecule has 0 saturated heterocycles. The molecule has 0 radical (unpaired) electrons. The summed E-state index contributed by atoms with van der Waals surface area (Å²) in [5.41, 5.74) is 1.01. The van der Waals surface area contributed by atoms with E-state index in [1.165, 1.54) is 44.9 Å². The minimum Gasteiger partial charge on any atom is -0.469 e. The molecule has 1 atom stereocenters. The average Bonchev–Trinajstić information content (AvgIpc) is 2.35. The van der Waals surface area contributed by atoms with E-state index in [2.05, 4.69) is 6.92 Å². The Morgan fingerprint density at radius 2 is 1.71 bits per heavy atom. The molecule has 0 aromatic heterocycles. The summed E-state index contributed by atoms with van der Waals surface area (Å²) in [7, 11) is 0. The van der Waals surface area contributed by atoms with Gasteiger partial charge in [0, 0.05) is 0 Å². The molecule has 1 rings (SSSR count). The Kier molecular flexibility index (Phi) is 7.81. The lowest BCUT2D eigenvalue weighted by Gasteiger charge is -2.16. The van der Waals surface area contributed by atoms with E-state index in [0.717, 1.165) is 18.4 Å². The second kappa shape index (κ2) is 9.29. The Balaban J connectivity index is 1.93. The molecule has 98 valence electrons. The molecule has 1 N–H and O–H groups in total. The smallest absolute Gasteiger partial charge is 0.219 e. The van der Waals surface area contributed by atoms with Gasteiger partial charge >= 0.3 is 0 Å². The fourth-order valence-electron chi connectivity index (χ4n) is 2.12. The quantitative estimate of drug-likeness (QED) is 0.607. The minimum atomic E-state index is -0.704. The molecular formula is C15H26O2. The molecule has 0 fully saturated rings. The molecule has 0 aliphatic carbocycles. The lowest BCUT2D eigenvalue weighted by atomic mass is 10.0. The summed E-state index contributed by atoms with van der Waals surface area (Å²) in [6, 6.07) is 0. The van der Waals surface area contributed by atoms with Gasteiger partial charge in [-0.25, -0.2) is 0 Å². The lowest BCUT2D eigenvalue weighted by Crippen LogP contribution is -2.14. The zero-order chi connectivity index (χ0) is 12.3. The van der Waals surface area contributed by atoms with E-state index in [1.807, 2.05) is 12.2 Å². The summed E-state index contributed by atoms with van der Waals surface area (Å²) in [4.78, 5) is 0. The Morgan fingerprint density at radius 3 is 2.35 bits per heavy atom. The molecule has 1 aliphatic heterocycles. The number of allylic oxidation sites excluding steroid dienone is 2. The van der Waals surface area contributed by atoms with E-state index in [-0.39, 0.29) is 0 Å². The summed E-state index contributed by atoms with van der Waals surface area (Å²) in [6.07, 6.45) is 16.2. The lowest BCUT2D eigenvalue weighted by molar-refractivity contribution is -0.0256. The molecule has 0 aromatic rings. The van der Waals surface area contributed by atoms with Crippen molar-refractivity contribution in [2.24, 2.45) is 0 Å². The van der Waals surface area contributed by atoms with Crippen molar-refractivity contribution in [3.8, 4) is 0 Å². The van der Waals surface area contributed by atoms with Gasteiger partial charge in [-0.3, -0.25) is 0 Å². The summed E-state index contributed by atoms with van der Waals surface area (Å²) >= 11 is 0. The standard InChI is InChI=1S/C15H26O2/c1-2-3-4-5-6-7-8-9-11-14-12-10-13-17-15(14)16/h10,12-13,15-16H,2-9,11H2,1H3. The van der Waals surface area contributed by atoms with Gasteiger partial charge in [-0.1, -0.05) is 57.9 Å². The van der Waals surface area contributed by atoms with Crippen LogP contribution in [0.15, 0.2) is 24.0 Å². The van der Waals surface area contributed by atoms with Crippen LogP contribution in [0.5, 0.6) is 0 Å². The molecule has 1 heterocycles. The largest absolute Gasteiger partial charge is 0.469 e. The van der Waals surface area contributed by atoms with Crippen LogP contribution in [0.3, 0.4) is 0 Å². The Labute approximate surface area is 105 Å². The molecule has 0 saturated carbocycles. The monoisotopic (exact) mass is 238 g/mol. The van der Waals surface area contributed by atoms with Crippen LogP contribution in [0.2, 0.25) is 0 Å². The van der Waals surface area contributed by atoms with E-state index in [4.69, 9.17) is 4.74 Å². The SMILES string of the molecule is CCCCCCCCCCC1=CC=COC1O. The molecule has 0 spiro atoms. The van der Waals surface area contributed by atoms with Crippen LogP contribution in [0.4, 0.5) is 0 Å². The van der Waals surface area contributed by atoms with Gasteiger partial charge in [0.1, 0.15) is 0 Å². The van der Waals surface area contributed by atoms with Crippen LogP contribution in [0, 0.1) is 0 Å². The van der Waals surface area contributed by atoms with Crippen molar-refractivity contribution in [2.75, 3.05) is 0 Å². The molecular weight excluding hydrogens is 212 g/mol. The van der Waals surface area contributed by atoms with E-state index in [0.29, 0.717) is 0 Å². The van der Waals surface area contributed by atoms with Crippen LogP contribution in [-0.2, 0) is 4.74 Å². The number of hydrogen-bond donors (Lipinski definition) is 1. The van der Waals surface area contributed by atoms with Gasteiger partial charge in [-0.15, -0.1) is 0 Å². The topological polar surface area (TPSA) is 29.5 Å². The Morgan fingerprint density at radius 1 is 1.06 bits per heavy atom. The van der Waals surface area contributed by atoms with Crippen molar-refractivity contribution in [1.29, 1.82) is 0 Å². The predicted molar refractivity (Wildman–Crippen MR) is 71.5 cm³/mol. The van der Waals surface area contributed by atoms with Crippen molar-refractivity contribution in [2.45, 2.75) is 71.0 Å². The van der Waals surface area contributed by atoms with Crippen molar-refractivity contribution in [1.82, 2.24) is 0 Å². The van der Waals surface area contributed by atoms with Gasteiger partial charge in [0.05, 0.1) is 6.26 Å². The summed E-state index contributed by atoms with van der Waals surface area (Å²) < 4.78 is 5.02. The Hall–Kier alpha value is -0.760. The number of aliphatic hydroxyl groups excluding tert-OH is 1. The molecule has 0 amide bonds. The maximum absolute atomic E-state index is 9.53. The predicted octanol–water partition coefficient (Wildman–Crippen LogP) is 4.31. The summed E-state index contributed by atoms with van der Waals surface area (Å²) in [6.45, 7) is 2.25. The second-order valence-electron chi connectivity index (χ2n) is 4.78. The first kappa shape index (κ1) is 14.3. The summed E-state index contributed by atoms with van der Waals surface area (Å²) in [5.74, 6) is 0. The van der Waals surface area contributed by atoms with Crippen LogP contribution in [0.1, 0.15) is 64.7 Å². The van der Waals surface area contributed by atoms with Crippen LogP contribution in [0.25, 0.3) is 0 Å². The maximum Gasteiger partial charge on any atom is 0.219 e. The maximum atomic E-state index is 9.53. The highest BCUT2D eigenvalue weighted by molar-refractivity contribution is 5.16. The first-order valence-electron chi connectivity index (χ1n) is 7.03. The number of aliphatic hydroxyl groups is 1. The third-order valence-electron chi connectivity index (χ3n) is 3.23. The van der Waals surface area contributed by atoms with Gasteiger partial charge in [-0.2, -0.15) is 0 Å². The van der Waals surface area contributed by atoms with Crippen LogP contribution >= 0.6 is 0 Å². The highest BCUT2D eigenvalue weighted by atomic mass is 16.6. The molecule has 0 aromatic carbocycles. The number of unbranched alkanes of at least 4 members (excludes halogenated alkanes) is 7. The molecule has 0 bridgehead atoms. The molecule has 2 heteroatoms. The number of ether oxygens (including phenoxy) is 1. The number of hydrogen-bond acceptors (Lipinski definition) is 2. The molecule has 2 nitrogen and oxygen atoms in total. The zero-order valence-corrected chi connectivity index (χ0v) is 11.0. The molecule has 1 unspecified atom stereocenters. The van der Waals surface area contributed by atoms with Gasteiger partial charge in [-0.05, 0) is 24.5 Å². The van der Waals surface area contributed by atoms with E-state index >= 15 is 0 Å². The van der Waals surface area contributed by atoms with Gasteiger partial charge in [0.2, 0.25) is 6.29 Å². The van der Waals surface area contributed by atoms with Gasteiger partial charge in [0.25, 0.3) is 0 Å². The van der Waals surface area contributed by atoms with E-state index < -0.39 is 6.29 Å². The fourth-order valence-corrected chi connectivity index (χ4v) is 2.12. The Bertz CT molecular complexity index is 243. The average molecular weight is 238 g/mol. The summed E-state index contributed by atoms with van der Waals surface area (Å²) in [5, 5.41) is 9.53. The minimum absolute atomic E-state index is 0.704. The fraction of sp³-hybridized carbons (Fsp3) is 0.733. The first-order valence-corrected chi connectivity index (χ1v) is 7.03. The van der Waals surface area contributed by atoms with Crippen molar-refractivity contribution >= 4 is 0 Å². The zero-order valence-electron chi connectivity index (χ0n) is 11.0. The van der Waals surface area contributed by atoms with Gasteiger partial charge in [0.15, 0.2) is 0 Å². The van der Waals surface area contributed by atoms with E-state index in [1.54, 1.807) is 6.26 Å².